The van der Waals surface area contributed by atoms with Gasteiger partial charge in [0.1, 0.15) is 6.17 Å². The maximum Gasteiger partial charge on any atom is 0.269 e. The van der Waals surface area contributed by atoms with Crippen molar-refractivity contribution in [2.45, 2.75) is 12.7 Å². The van der Waals surface area contributed by atoms with E-state index in [1.807, 2.05) is 4.90 Å². The number of nitrogens with two attached hydrogens (primary N) is 1. The van der Waals surface area contributed by atoms with E-state index < -0.39 is 4.92 Å². The molecule has 2 heterocycles. The lowest BCUT2D eigenvalue weighted by Crippen LogP contribution is -2.35. The third kappa shape index (κ3) is 2.12. The monoisotopic (exact) mass is 272 g/mol. The Hall–Kier alpha value is -2.74. The lowest BCUT2D eigenvalue weighted by atomic mass is 10.2. The molecule has 1 aromatic heterocycles. The van der Waals surface area contributed by atoms with Crippen LogP contribution < -0.4 is 5.73 Å². The van der Waals surface area contributed by atoms with Gasteiger partial charge in [-0.25, -0.2) is 9.98 Å². The summed E-state index contributed by atoms with van der Waals surface area (Å²) in [6, 6.07) is 6.37. The van der Waals surface area contributed by atoms with Gasteiger partial charge in [-0.15, -0.1) is 0 Å². The van der Waals surface area contributed by atoms with E-state index >= 15 is 0 Å². The van der Waals surface area contributed by atoms with Gasteiger partial charge in [-0.1, -0.05) is 12.1 Å². The van der Waals surface area contributed by atoms with E-state index in [1.54, 1.807) is 24.8 Å². The third-order valence-electron chi connectivity index (χ3n) is 3.14. The number of aromatic nitrogens is 2. The summed E-state index contributed by atoms with van der Waals surface area (Å²) in [5, 5.41) is 10.6. The molecule has 102 valence electrons. The first-order chi connectivity index (χ1) is 9.65. The van der Waals surface area contributed by atoms with Gasteiger partial charge in [0.25, 0.3) is 5.69 Å². The van der Waals surface area contributed by atoms with Gasteiger partial charge >= 0.3 is 0 Å². The second kappa shape index (κ2) is 4.74. The van der Waals surface area contributed by atoms with Crippen LogP contribution in [0.25, 0.3) is 0 Å². The highest BCUT2D eigenvalue weighted by atomic mass is 16.6. The van der Waals surface area contributed by atoms with Crippen molar-refractivity contribution in [2.75, 3.05) is 0 Å². The SMILES string of the molecule is NC1c2[nH]cnc2N=CN1Cc1ccc([N+](=O)[O-])cc1. The maximum atomic E-state index is 10.6. The number of nitro groups is 1. The molecule has 0 aliphatic carbocycles. The number of nitrogens with zero attached hydrogens (tertiary/aromatic N) is 4. The van der Waals surface area contributed by atoms with E-state index in [4.69, 9.17) is 5.73 Å². The molecular formula is C12H12N6O2. The van der Waals surface area contributed by atoms with E-state index in [0.29, 0.717) is 12.4 Å². The minimum absolute atomic E-state index is 0.0706. The molecule has 0 spiro atoms. The van der Waals surface area contributed by atoms with Crippen LogP contribution in [-0.2, 0) is 6.54 Å². The summed E-state index contributed by atoms with van der Waals surface area (Å²) in [7, 11) is 0. The van der Waals surface area contributed by atoms with Gasteiger partial charge in [0.2, 0.25) is 0 Å². The van der Waals surface area contributed by atoms with Crippen molar-refractivity contribution in [3.8, 4) is 0 Å². The number of H-pyrrole nitrogens is 1. The largest absolute Gasteiger partial charge is 0.344 e. The minimum Gasteiger partial charge on any atom is -0.344 e. The summed E-state index contributed by atoms with van der Waals surface area (Å²) in [5.74, 6) is 0.595. The fraction of sp³-hybridized carbons (Fsp3) is 0.167. The summed E-state index contributed by atoms with van der Waals surface area (Å²) in [5.41, 5.74) is 7.86. The number of non-ortho nitro benzene ring substituents is 1. The maximum absolute atomic E-state index is 10.6. The Kier molecular flexibility index (Phi) is 2.92. The van der Waals surface area contributed by atoms with Gasteiger partial charge in [0.15, 0.2) is 5.82 Å². The molecule has 0 bridgehead atoms. The van der Waals surface area contributed by atoms with Crippen molar-refractivity contribution in [3.05, 3.63) is 52.0 Å². The first kappa shape index (κ1) is 12.3. The molecule has 1 aromatic carbocycles. The van der Waals surface area contributed by atoms with Crippen molar-refractivity contribution in [1.82, 2.24) is 14.9 Å². The topological polar surface area (TPSA) is 113 Å². The molecule has 8 heteroatoms. The smallest absolute Gasteiger partial charge is 0.269 e. The number of fused-ring (bicyclic) bond motifs is 1. The van der Waals surface area contributed by atoms with Crippen molar-refractivity contribution in [2.24, 2.45) is 10.7 Å². The minimum atomic E-state index is -0.422. The van der Waals surface area contributed by atoms with Gasteiger partial charge in [0, 0.05) is 18.7 Å². The predicted octanol–water partition coefficient (Wildman–Crippen LogP) is 1.45. The Morgan fingerprint density at radius 3 is 2.85 bits per heavy atom. The Labute approximate surface area is 114 Å². The van der Waals surface area contributed by atoms with Gasteiger partial charge in [-0.05, 0) is 5.56 Å². The Bertz CT molecular complexity index is 663. The molecule has 0 saturated carbocycles. The number of aromatic amines is 1. The molecule has 2 aromatic rings. The Morgan fingerprint density at radius 1 is 1.40 bits per heavy atom. The second-order valence-electron chi connectivity index (χ2n) is 4.43. The number of nitro benzene ring substituents is 1. The second-order valence-corrected chi connectivity index (χ2v) is 4.43. The molecule has 1 aliphatic rings. The quantitative estimate of drug-likeness (QED) is 0.648. The molecule has 3 N–H and O–H groups in total. The standard InChI is InChI=1S/C12H12N6O2/c13-11-10-12(15-6-14-10)16-7-17(11)5-8-1-3-9(4-2-8)18(19)20/h1-4,6-7,11H,5,13H2,(H,14,15). The predicted molar refractivity (Wildman–Crippen MR) is 72.3 cm³/mol. The van der Waals surface area contributed by atoms with Crippen LogP contribution in [0, 0.1) is 10.1 Å². The van der Waals surface area contributed by atoms with Gasteiger partial charge in [-0.3, -0.25) is 10.1 Å². The van der Waals surface area contributed by atoms with Crippen LogP contribution in [0.15, 0.2) is 35.6 Å². The van der Waals surface area contributed by atoms with E-state index in [0.717, 1.165) is 11.3 Å². The van der Waals surface area contributed by atoms with Crippen LogP contribution in [0.1, 0.15) is 17.4 Å². The number of imidazole rings is 1. The highest BCUT2D eigenvalue weighted by Gasteiger charge is 2.23. The number of hydrogen-bond acceptors (Lipinski definition) is 6. The first-order valence-electron chi connectivity index (χ1n) is 5.97. The third-order valence-corrected chi connectivity index (χ3v) is 3.14. The van der Waals surface area contributed by atoms with Crippen LogP contribution in [0.4, 0.5) is 11.5 Å². The summed E-state index contributed by atoms with van der Waals surface area (Å²) < 4.78 is 0. The summed E-state index contributed by atoms with van der Waals surface area (Å²) in [6.07, 6.45) is 2.83. The lowest BCUT2D eigenvalue weighted by molar-refractivity contribution is -0.384. The van der Waals surface area contributed by atoms with Crippen molar-refractivity contribution in [3.63, 3.8) is 0 Å². The fourth-order valence-electron chi connectivity index (χ4n) is 2.06. The Balaban J connectivity index is 1.77. The number of hydrogen-bond donors (Lipinski definition) is 2. The van der Waals surface area contributed by atoms with E-state index in [9.17, 15) is 10.1 Å². The van der Waals surface area contributed by atoms with Crippen LogP contribution in [0.3, 0.4) is 0 Å². The zero-order chi connectivity index (χ0) is 14.1. The zero-order valence-electron chi connectivity index (χ0n) is 10.4. The van der Waals surface area contributed by atoms with E-state index in [1.165, 1.54) is 12.1 Å². The molecule has 3 rings (SSSR count). The average Bonchev–Trinajstić information content (AvgIpc) is 2.92. The van der Waals surface area contributed by atoms with Gasteiger partial charge in [-0.2, -0.15) is 0 Å². The summed E-state index contributed by atoms with van der Waals surface area (Å²) in [4.78, 5) is 23.2. The zero-order valence-corrected chi connectivity index (χ0v) is 10.4. The van der Waals surface area contributed by atoms with E-state index in [-0.39, 0.29) is 11.9 Å². The highest BCUT2D eigenvalue weighted by Crippen LogP contribution is 2.27. The molecule has 0 amide bonds. The number of nitrogens with one attached hydrogen (secondary N) is 1. The Morgan fingerprint density at radius 2 is 2.15 bits per heavy atom. The molecule has 0 saturated heterocycles. The van der Waals surface area contributed by atoms with Gasteiger partial charge in [0.05, 0.1) is 23.3 Å². The molecular weight excluding hydrogens is 260 g/mol. The van der Waals surface area contributed by atoms with Crippen molar-refractivity contribution < 1.29 is 4.92 Å². The van der Waals surface area contributed by atoms with Crippen LogP contribution in [0.5, 0.6) is 0 Å². The van der Waals surface area contributed by atoms with Crippen LogP contribution in [-0.4, -0.2) is 26.1 Å². The molecule has 1 unspecified atom stereocenters. The summed E-state index contributed by atoms with van der Waals surface area (Å²) >= 11 is 0. The molecule has 20 heavy (non-hydrogen) atoms. The molecule has 1 aliphatic heterocycles. The number of rotatable bonds is 3. The van der Waals surface area contributed by atoms with E-state index in [2.05, 4.69) is 15.0 Å². The van der Waals surface area contributed by atoms with Crippen LogP contribution in [0.2, 0.25) is 0 Å². The number of benzene rings is 1. The van der Waals surface area contributed by atoms with Crippen LogP contribution >= 0.6 is 0 Å². The summed E-state index contributed by atoms with van der Waals surface area (Å²) in [6.45, 7) is 0.515. The normalized spacial score (nSPS) is 17.1. The molecule has 8 nitrogen and oxygen atoms in total. The highest BCUT2D eigenvalue weighted by molar-refractivity contribution is 5.65. The first-order valence-corrected chi connectivity index (χ1v) is 5.97. The molecule has 0 fully saturated rings. The molecule has 1 atom stereocenters. The average molecular weight is 272 g/mol. The van der Waals surface area contributed by atoms with Crippen molar-refractivity contribution in [1.29, 1.82) is 0 Å². The molecule has 0 radical (unpaired) electrons. The van der Waals surface area contributed by atoms with Gasteiger partial charge < -0.3 is 15.6 Å². The fourth-order valence-corrected chi connectivity index (χ4v) is 2.06. The van der Waals surface area contributed by atoms with Crippen molar-refractivity contribution >= 4 is 17.8 Å². The lowest BCUT2D eigenvalue weighted by Gasteiger charge is -2.28. The number of aliphatic imine (C=N–C) groups is 1.